The molecule has 0 aliphatic rings. The predicted octanol–water partition coefficient (Wildman–Crippen LogP) is 10.3. The van der Waals surface area contributed by atoms with Gasteiger partial charge < -0.3 is 0 Å². The number of nitrogens with zero attached hydrogens (tertiary/aromatic N) is 4. The Kier molecular flexibility index (Phi) is 12.1. The first-order valence-corrected chi connectivity index (χ1v) is 19.7. The molecule has 0 spiro atoms. The molecule has 0 aliphatic carbocycles. The maximum atomic E-state index is 4.54. The highest BCUT2D eigenvalue weighted by atomic mass is 32.1. The molecular formula is C40H34N4S4. The summed E-state index contributed by atoms with van der Waals surface area (Å²) < 4.78 is 18.1. The minimum Gasteiger partial charge on any atom is -0.172 e. The molecule has 0 fully saturated rings. The summed E-state index contributed by atoms with van der Waals surface area (Å²) in [6.45, 7) is 4.48. The lowest BCUT2D eigenvalue weighted by molar-refractivity contribution is 0.667. The van der Waals surface area contributed by atoms with Gasteiger partial charge >= 0.3 is 0 Å². The summed E-state index contributed by atoms with van der Waals surface area (Å²) in [5, 5.41) is 4.27. The quantitative estimate of drug-likeness (QED) is 0.106. The monoisotopic (exact) mass is 698 g/mol. The number of benzene rings is 2. The Bertz CT molecular complexity index is 2110. The number of hydrogen-bond donors (Lipinski definition) is 0. The number of rotatable bonds is 10. The SMILES string of the molecule is CCCCCCc1ccsc1C#Cc1ccc(C#CC#Cc2ccc(C#Cc3sccc3CCCCCC)c3nsnc23)c2nsnc12. The molecule has 0 saturated heterocycles. The number of aryl methyl sites for hydroxylation is 2. The minimum absolute atomic E-state index is 0.760. The van der Waals surface area contributed by atoms with Gasteiger partial charge in [-0.2, -0.15) is 17.5 Å². The molecule has 0 atom stereocenters. The van der Waals surface area contributed by atoms with Crippen molar-refractivity contribution >= 4 is 68.2 Å². The predicted molar refractivity (Wildman–Crippen MR) is 205 cm³/mol. The van der Waals surface area contributed by atoms with E-state index in [0.29, 0.717) is 0 Å². The van der Waals surface area contributed by atoms with E-state index >= 15 is 0 Å². The van der Waals surface area contributed by atoms with Crippen molar-refractivity contribution in [1.82, 2.24) is 17.5 Å². The minimum atomic E-state index is 0.760. The van der Waals surface area contributed by atoms with Gasteiger partial charge in [-0.3, -0.25) is 0 Å². The molecule has 4 heterocycles. The molecule has 0 radical (unpaired) electrons. The third-order valence-corrected chi connectivity index (χ3v) is 10.8. The number of thiophene rings is 2. The molecule has 4 nitrogen and oxygen atoms in total. The third kappa shape index (κ3) is 8.41. The standard InChI is InChI=1S/C40H34N4S4/c1-3-5-7-9-13-29-25-27-45-35(29)23-21-33-19-17-31(37-39(33)43-47-41-37)15-11-12-16-32-18-20-34(40-38(32)42-48-44-40)22-24-36-30(26-28-46-36)14-10-8-6-4-2/h17-20,25-28H,3-10,13-14H2,1-2H3. The number of unbranched alkanes of at least 4 members (excludes halogenated alkanes) is 6. The maximum Gasteiger partial charge on any atom is 0.121 e. The Morgan fingerprint density at radius 3 is 1.25 bits per heavy atom. The molecule has 0 saturated carbocycles. The zero-order valence-electron chi connectivity index (χ0n) is 27.1. The number of hydrogen-bond acceptors (Lipinski definition) is 8. The number of fused-ring (bicyclic) bond motifs is 2. The first kappa shape index (κ1) is 33.6. The van der Waals surface area contributed by atoms with Gasteiger partial charge in [0.15, 0.2) is 0 Å². The average molecular weight is 699 g/mol. The molecule has 0 bridgehead atoms. The van der Waals surface area contributed by atoms with E-state index in [0.717, 1.165) is 66.9 Å². The van der Waals surface area contributed by atoms with Crippen LogP contribution in [0, 0.1) is 47.4 Å². The molecule has 2 aromatic carbocycles. The first-order chi connectivity index (χ1) is 23.7. The molecule has 4 aromatic heterocycles. The summed E-state index contributed by atoms with van der Waals surface area (Å²) >= 11 is 5.76. The van der Waals surface area contributed by atoms with Crippen LogP contribution in [0.15, 0.2) is 47.2 Å². The van der Waals surface area contributed by atoms with E-state index in [2.05, 4.69) is 102 Å². The third-order valence-electron chi connectivity index (χ3n) is 8.00. The molecule has 238 valence electrons. The van der Waals surface area contributed by atoms with Crippen LogP contribution in [0.5, 0.6) is 0 Å². The van der Waals surface area contributed by atoms with E-state index in [1.54, 1.807) is 22.7 Å². The summed E-state index contributed by atoms with van der Waals surface area (Å²) in [5.74, 6) is 25.9. The fraction of sp³-hybridized carbons (Fsp3) is 0.300. The normalized spacial score (nSPS) is 10.5. The van der Waals surface area contributed by atoms with E-state index in [4.69, 9.17) is 0 Å². The molecule has 6 rings (SSSR count). The van der Waals surface area contributed by atoms with Crippen molar-refractivity contribution in [2.75, 3.05) is 0 Å². The lowest BCUT2D eigenvalue weighted by Gasteiger charge is -1.99. The Morgan fingerprint density at radius 1 is 0.458 bits per heavy atom. The maximum absolute atomic E-state index is 4.54. The van der Waals surface area contributed by atoms with Crippen LogP contribution in [-0.4, -0.2) is 17.5 Å². The van der Waals surface area contributed by atoms with Crippen LogP contribution in [0.1, 0.15) is 108 Å². The Morgan fingerprint density at radius 2 is 0.854 bits per heavy atom. The van der Waals surface area contributed by atoms with Crippen molar-refractivity contribution in [1.29, 1.82) is 0 Å². The molecule has 0 N–H and O–H groups in total. The molecule has 0 amide bonds. The highest BCUT2D eigenvalue weighted by Crippen LogP contribution is 2.24. The van der Waals surface area contributed by atoms with Crippen LogP contribution in [0.25, 0.3) is 22.1 Å². The van der Waals surface area contributed by atoms with Crippen molar-refractivity contribution in [3.05, 3.63) is 90.3 Å². The topological polar surface area (TPSA) is 51.6 Å². The highest BCUT2D eigenvalue weighted by molar-refractivity contribution is 7.11. The van der Waals surface area contributed by atoms with Gasteiger partial charge in [0.1, 0.15) is 22.1 Å². The second kappa shape index (κ2) is 17.2. The molecule has 6 aromatic rings. The van der Waals surface area contributed by atoms with Gasteiger partial charge in [-0.25, -0.2) is 0 Å². The smallest absolute Gasteiger partial charge is 0.121 e. The van der Waals surface area contributed by atoms with E-state index < -0.39 is 0 Å². The Hall–Kier alpha value is -4.28. The van der Waals surface area contributed by atoms with Gasteiger partial charge in [0.05, 0.1) is 55.5 Å². The summed E-state index contributed by atoms with van der Waals surface area (Å²) in [7, 11) is 0. The van der Waals surface area contributed by atoms with E-state index in [-0.39, 0.29) is 0 Å². The zero-order chi connectivity index (χ0) is 33.0. The fourth-order valence-corrected chi connectivity index (χ4v) is 8.10. The largest absolute Gasteiger partial charge is 0.172 e. The van der Waals surface area contributed by atoms with Crippen LogP contribution in [0.2, 0.25) is 0 Å². The van der Waals surface area contributed by atoms with Crippen molar-refractivity contribution in [3.63, 3.8) is 0 Å². The van der Waals surface area contributed by atoms with Crippen LogP contribution in [0.3, 0.4) is 0 Å². The lowest BCUT2D eigenvalue weighted by Crippen LogP contribution is -1.87. The van der Waals surface area contributed by atoms with Crippen molar-refractivity contribution < 1.29 is 0 Å². The molecule has 0 unspecified atom stereocenters. The van der Waals surface area contributed by atoms with Crippen LogP contribution < -0.4 is 0 Å². The fourth-order valence-electron chi connectivity index (χ4n) is 5.35. The zero-order valence-corrected chi connectivity index (χ0v) is 30.4. The molecular weight excluding hydrogens is 665 g/mol. The van der Waals surface area contributed by atoms with Gasteiger partial charge in [0, 0.05) is 0 Å². The van der Waals surface area contributed by atoms with Crippen molar-refractivity contribution in [2.45, 2.75) is 78.1 Å². The van der Waals surface area contributed by atoms with E-state index in [9.17, 15) is 0 Å². The molecule has 0 aliphatic heterocycles. The number of aromatic nitrogens is 4. The van der Waals surface area contributed by atoms with Gasteiger partial charge in [-0.15, -0.1) is 22.7 Å². The van der Waals surface area contributed by atoms with Crippen molar-refractivity contribution in [2.24, 2.45) is 0 Å². The van der Waals surface area contributed by atoms with Crippen LogP contribution in [0.4, 0.5) is 0 Å². The van der Waals surface area contributed by atoms with Crippen LogP contribution in [-0.2, 0) is 12.8 Å². The van der Waals surface area contributed by atoms with E-state index in [1.165, 1.54) is 85.9 Å². The second-order valence-corrected chi connectivity index (χ2v) is 14.3. The first-order valence-electron chi connectivity index (χ1n) is 16.4. The highest BCUT2D eigenvalue weighted by Gasteiger charge is 2.10. The van der Waals surface area contributed by atoms with Crippen LogP contribution >= 0.6 is 46.1 Å². The molecule has 48 heavy (non-hydrogen) atoms. The summed E-state index contributed by atoms with van der Waals surface area (Å²) in [5.41, 5.74) is 9.07. The summed E-state index contributed by atoms with van der Waals surface area (Å²) in [6.07, 6.45) is 12.2. The summed E-state index contributed by atoms with van der Waals surface area (Å²) in [6, 6.07) is 12.3. The van der Waals surface area contributed by atoms with Gasteiger partial charge in [0.25, 0.3) is 0 Å². The Labute approximate surface area is 299 Å². The lowest BCUT2D eigenvalue weighted by atomic mass is 10.1. The van der Waals surface area contributed by atoms with Gasteiger partial charge in [-0.05, 0) is 95.8 Å². The van der Waals surface area contributed by atoms with Crippen molar-refractivity contribution in [3.8, 4) is 47.4 Å². The second-order valence-electron chi connectivity index (χ2n) is 11.4. The molecule has 8 heteroatoms. The van der Waals surface area contributed by atoms with Gasteiger partial charge in [0.2, 0.25) is 0 Å². The average Bonchev–Trinajstić information content (AvgIpc) is 3.94. The Balaban J connectivity index is 1.17. The van der Waals surface area contributed by atoms with Gasteiger partial charge in [-0.1, -0.05) is 87.9 Å². The summed E-state index contributed by atoms with van der Waals surface area (Å²) in [4.78, 5) is 2.27. The van der Waals surface area contributed by atoms with E-state index in [1.807, 2.05) is 24.3 Å².